The number of aromatic carboxylic acids is 1. The predicted octanol–water partition coefficient (Wildman–Crippen LogP) is 4.04. The molecule has 19 heavy (non-hydrogen) atoms. The van der Waals surface area contributed by atoms with Gasteiger partial charge in [-0.25, -0.2) is 9.18 Å². The Bertz CT molecular complexity index is 596. The van der Waals surface area contributed by atoms with Gasteiger partial charge in [-0.15, -0.1) is 11.8 Å². The lowest BCUT2D eigenvalue weighted by molar-refractivity contribution is 0.0693. The number of rotatable bonds is 4. The number of hydrogen-bond acceptors (Lipinski definition) is 3. The van der Waals surface area contributed by atoms with Crippen LogP contribution in [0.25, 0.3) is 0 Å². The first-order valence-electron chi connectivity index (χ1n) is 5.45. The van der Waals surface area contributed by atoms with Gasteiger partial charge in [-0.1, -0.05) is 6.07 Å². The highest BCUT2D eigenvalue weighted by atomic mass is 32.2. The molecule has 0 fully saturated rings. The predicted molar refractivity (Wildman–Crippen MR) is 71.7 cm³/mol. The summed E-state index contributed by atoms with van der Waals surface area (Å²) in [4.78, 5) is 12.1. The summed E-state index contributed by atoms with van der Waals surface area (Å²) in [6.45, 7) is 0. The van der Waals surface area contributed by atoms with Crippen molar-refractivity contribution in [3.8, 4) is 11.5 Å². The fourth-order valence-corrected chi connectivity index (χ4v) is 1.95. The zero-order valence-electron chi connectivity index (χ0n) is 10.1. The second kappa shape index (κ2) is 5.75. The van der Waals surface area contributed by atoms with Crippen molar-refractivity contribution in [2.75, 3.05) is 6.26 Å². The summed E-state index contributed by atoms with van der Waals surface area (Å²) in [5.41, 5.74) is -0.200. The molecule has 2 aromatic rings. The van der Waals surface area contributed by atoms with Gasteiger partial charge < -0.3 is 9.84 Å². The molecule has 0 saturated carbocycles. The van der Waals surface area contributed by atoms with Gasteiger partial charge in [0.05, 0.1) is 0 Å². The first kappa shape index (κ1) is 13.4. The number of carboxylic acid groups (broad SMARTS) is 1. The van der Waals surface area contributed by atoms with Crippen LogP contribution in [0.15, 0.2) is 47.4 Å². The molecule has 0 spiro atoms. The highest BCUT2D eigenvalue weighted by Crippen LogP contribution is 2.29. The van der Waals surface area contributed by atoms with Crippen molar-refractivity contribution < 1.29 is 19.0 Å². The minimum Gasteiger partial charge on any atom is -0.478 e. The number of carboxylic acids is 1. The fraction of sp³-hybridized carbons (Fsp3) is 0.0714. The van der Waals surface area contributed by atoms with Gasteiger partial charge in [0.2, 0.25) is 0 Å². The van der Waals surface area contributed by atoms with Crippen molar-refractivity contribution in [2.45, 2.75) is 4.90 Å². The van der Waals surface area contributed by atoms with E-state index >= 15 is 0 Å². The quantitative estimate of drug-likeness (QED) is 0.857. The third-order valence-corrected chi connectivity index (χ3v) is 3.22. The molecule has 0 bridgehead atoms. The second-order valence-corrected chi connectivity index (χ2v) is 4.58. The molecule has 0 radical (unpaired) electrons. The van der Waals surface area contributed by atoms with Crippen LogP contribution in [0.3, 0.4) is 0 Å². The van der Waals surface area contributed by atoms with Gasteiger partial charge in [0.25, 0.3) is 0 Å². The minimum atomic E-state index is -1.23. The Hall–Kier alpha value is -2.01. The van der Waals surface area contributed by atoms with Crippen molar-refractivity contribution in [3.05, 3.63) is 53.8 Å². The number of halogens is 1. The number of hydrogen-bond donors (Lipinski definition) is 1. The molecule has 0 aliphatic heterocycles. The third kappa shape index (κ3) is 3.06. The van der Waals surface area contributed by atoms with Crippen molar-refractivity contribution in [2.24, 2.45) is 0 Å². The largest absolute Gasteiger partial charge is 0.478 e. The molecule has 0 saturated heterocycles. The first-order chi connectivity index (χ1) is 9.11. The summed E-state index contributed by atoms with van der Waals surface area (Å²) < 4.78 is 19.0. The van der Waals surface area contributed by atoms with Gasteiger partial charge in [-0.05, 0) is 42.7 Å². The molecule has 0 aliphatic carbocycles. The van der Waals surface area contributed by atoms with E-state index < -0.39 is 11.8 Å². The molecule has 0 aromatic heterocycles. The highest BCUT2D eigenvalue weighted by Gasteiger charge is 2.16. The van der Waals surface area contributed by atoms with E-state index in [1.54, 1.807) is 23.9 Å². The van der Waals surface area contributed by atoms with Crippen LogP contribution in [-0.4, -0.2) is 17.3 Å². The minimum absolute atomic E-state index is 0.200. The van der Waals surface area contributed by atoms with Crippen LogP contribution in [0.5, 0.6) is 11.5 Å². The zero-order valence-corrected chi connectivity index (χ0v) is 10.9. The van der Waals surface area contributed by atoms with E-state index in [9.17, 15) is 9.18 Å². The molecule has 0 atom stereocenters. The van der Waals surface area contributed by atoms with Gasteiger partial charge in [0.15, 0.2) is 11.6 Å². The lowest BCUT2D eigenvalue weighted by Crippen LogP contribution is -2.01. The highest BCUT2D eigenvalue weighted by molar-refractivity contribution is 7.98. The maximum atomic E-state index is 13.6. The van der Waals surface area contributed by atoms with E-state index in [0.717, 1.165) is 11.0 Å². The van der Waals surface area contributed by atoms with Crippen molar-refractivity contribution in [1.29, 1.82) is 0 Å². The maximum absolute atomic E-state index is 13.6. The molecule has 1 N–H and O–H groups in total. The van der Waals surface area contributed by atoms with Crippen LogP contribution in [0, 0.1) is 5.82 Å². The SMILES string of the molecule is CSc1ccc(Oc2c(F)cccc2C(=O)O)cc1. The van der Waals surface area contributed by atoms with Crippen LogP contribution in [0.4, 0.5) is 4.39 Å². The molecule has 3 nitrogen and oxygen atoms in total. The smallest absolute Gasteiger partial charge is 0.339 e. The number of para-hydroxylation sites is 1. The fourth-order valence-electron chi connectivity index (χ4n) is 1.54. The van der Waals surface area contributed by atoms with Crippen molar-refractivity contribution in [1.82, 2.24) is 0 Å². The summed E-state index contributed by atoms with van der Waals surface area (Å²) in [5.74, 6) is -1.80. The van der Waals surface area contributed by atoms with Crippen molar-refractivity contribution >= 4 is 17.7 Å². The average Bonchev–Trinajstić information content (AvgIpc) is 2.41. The van der Waals surface area contributed by atoms with Crippen LogP contribution in [0.1, 0.15) is 10.4 Å². The Morgan fingerprint density at radius 3 is 2.47 bits per heavy atom. The lowest BCUT2D eigenvalue weighted by Gasteiger charge is -2.09. The Balaban J connectivity index is 2.34. The van der Waals surface area contributed by atoms with Gasteiger partial charge in [0, 0.05) is 4.90 Å². The van der Waals surface area contributed by atoms with E-state index in [-0.39, 0.29) is 11.3 Å². The monoisotopic (exact) mass is 278 g/mol. The van der Waals surface area contributed by atoms with Crippen molar-refractivity contribution in [3.63, 3.8) is 0 Å². The van der Waals surface area contributed by atoms with Crippen LogP contribution in [-0.2, 0) is 0 Å². The Morgan fingerprint density at radius 1 is 1.21 bits per heavy atom. The van der Waals surface area contributed by atoms with Crippen LogP contribution < -0.4 is 4.74 Å². The molecular weight excluding hydrogens is 267 g/mol. The zero-order chi connectivity index (χ0) is 13.8. The summed E-state index contributed by atoms with van der Waals surface area (Å²) in [6.07, 6.45) is 1.94. The summed E-state index contributed by atoms with van der Waals surface area (Å²) >= 11 is 1.57. The Labute approximate surface area is 114 Å². The molecule has 5 heteroatoms. The van der Waals surface area contributed by atoms with Gasteiger partial charge in [-0.2, -0.15) is 0 Å². The number of benzene rings is 2. The lowest BCUT2D eigenvalue weighted by atomic mass is 10.2. The van der Waals surface area contributed by atoms with E-state index in [1.165, 1.54) is 12.1 Å². The first-order valence-corrected chi connectivity index (χ1v) is 6.68. The van der Waals surface area contributed by atoms with E-state index in [4.69, 9.17) is 9.84 Å². The number of thioether (sulfide) groups is 1. The van der Waals surface area contributed by atoms with E-state index in [0.29, 0.717) is 5.75 Å². The molecule has 2 aromatic carbocycles. The van der Waals surface area contributed by atoms with Crippen LogP contribution >= 0.6 is 11.8 Å². The molecule has 0 aliphatic rings. The number of ether oxygens (including phenoxy) is 1. The Morgan fingerprint density at radius 2 is 1.89 bits per heavy atom. The van der Waals surface area contributed by atoms with Gasteiger partial charge in [-0.3, -0.25) is 0 Å². The standard InChI is InChI=1S/C14H11FO3S/c1-19-10-7-5-9(6-8-10)18-13-11(14(16)17)3-2-4-12(13)15/h2-8H,1H3,(H,16,17). The van der Waals surface area contributed by atoms with E-state index in [2.05, 4.69) is 0 Å². The normalized spacial score (nSPS) is 10.2. The Kier molecular flexibility index (Phi) is 4.06. The molecular formula is C14H11FO3S. The molecule has 2 rings (SSSR count). The number of carbonyl (C=O) groups is 1. The third-order valence-electron chi connectivity index (χ3n) is 2.48. The average molecular weight is 278 g/mol. The molecule has 0 amide bonds. The maximum Gasteiger partial charge on any atom is 0.339 e. The van der Waals surface area contributed by atoms with Gasteiger partial charge >= 0.3 is 5.97 Å². The summed E-state index contributed by atoms with van der Waals surface area (Å²) in [6, 6.07) is 10.8. The van der Waals surface area contributed by atoms with Crippen LogP contribution in [0.2, 0.25) is 0 Å². The van der Waals surface area contributed by atoms with E-state index in [1.807, 2.05) is 18.4 Å². The summed E-state index contributed by atoms with van der Waals surface area (Å²) in [5, 5.41) is 9.00. The summed E-state index contributed by atoms with van der Waals surface area (Å²) in [7, 11) is 0. The van der Waals surface area contributed by atoms with Gasteiger partial charge in [0.1, 0.15) is 11.3 Å². The molecule has 0 heterocycles. The molecule has 0 unspecified atom stereocenters. The second-order valence-electron chi connectivity index (χ2n) is 3.70. The topological polar surface area (TPSA) is 46.5 Å². The molecule has 98 valence electrons.